The summed E-state index contributed by atoms with van der Waals surface area (Å²) in [6, 6.07) is 60.4. The number of aryl methyl sites for hydroxylation is 2. The van der Waals surface area contributed by atoms with Crippen LogP contribution >= 0.6 is 0 Å². The molecule has 0 saturated heterocycles. The van der Waals surface area contributed by atoms with Gasteiger partial charge in [0.2, 0.25) is 0 Å². The van der Waals surface area contributed by atoms with E-state index in [1.54, 1.807) is 14.3 Å². The first-order valence-electron chi connectivity index (χ1n) is 18.5. The van der Waals surface area contributed by atoms with E-state index in [0.29, 0.717) is 7.25 Å². The van der Waals surface area contributed by atoms with Crippen molar-refractivity contribution in [2.75, 3.05) is 0 Å². The first-order chi connectivity index (χ1) is 25.1. The number of allylic oxidation sites excluding steroid dienone is 1. The van der Waals surface area contributed by atoms with Gasteiger partial charge in [-0.15, -0.1) is 0 Å². The van der Waals surface area contributed by atoms with Gasteiger partial charge in [0, 0.05) is 0 Å². The maximum atomic E-state index is 2.58. The molecule has 1 atom stereocenters. The number of halogens is 2. The van der Waals surface area contributed by atoms with Crippen molar-refractivity contribution in [1.82, 2.24) is 0 Å². The Hall–Kier alpha value is -4.13. The van der Waals surface area contributed by atoms with Crippen LogP contribution in [-0.4, -0.2) is 3.21 Å². The number of rotatable bonds is 7. The molecule has 3 heteroatoms. The molecular formula is C50H42Cl2Zr. The van der Waals surface area contributed by atoms with Crippen molar-refractivity contribution in [1.29, 1.82) is 0 Å². The van der Waals surface area contributed by atoms with E-state index in [-0.39, 0.29) is 24.8 Å². The van der Waals surface area contributed by atoms with E-state index >= 15 is 0 Å². The van der Waals surface area contributed by atoms with Crippen LogP contribution in [0.25, 0.3) is 39.1 Å². The van der Waals surface area contributed by atoms with E-state index in [4.69, 9.17) is 0 Å². The zero-order chi connectivity index (χ0) is 34.5. The summed E-state index contributed by atoms with van der Waals surface area (Å²) < 4.78 is 2.38. The molecule has 0 heterocycles. The Morgan fingerprint density at radius 1 is 0.491 bits per heavy atom. The van der Waals surface area contributed by atoms with Gasteiger partial charge in [-0.05, 0) is 0 Å². The number of fused-ring (bicyclic) bond motifs is 5. The molecule has 0 bridgehead atoms. The minimum absolute atomic E-state index is 0. The van der Waals surface area contributed by atoms with Crippen LogP contribution in [0.5, 0.6) is 0 Å². The summed E-state index contributed by atoms with van der Waals surface area (Å²) >= 11 is -2.97. The van der Waals surface area contributed by atoms with E-state index < -0.39 is 21.3 Å². The van der Waals surface area contributed by atoms with Gasteiger partial charge in [-0.25, -0.2) is 0 Å². The topological polar surface area (TPSA) is 0 Å². The standard InChI is InChI=1S/C20H15.C17H17.C13H10.2ClH.Zr/c1-14-12-16-8-5-11-19(20(16)13-14)18-10-4-7-15-6-2-3-9-17(15)18;1-3-12-5-7-16-14(9-12)11-15-10-13(4-2)6-8-17(15)16;1-3-7-12(8-4-1)11-13-9-5-2-6-10-13;;;/h2-13H,1H3;5-11H,3-4H2,1-2H3;1-10H;2*1H;/q;;;;;+2/p-2. The average molecular weight is 805 g/mol. The predicted octanol–water partition coefficient (Wildman–Crippen LogP) is 6.75. The van der Waals surface area contributed by atoms with E-state index in [1.807, 2.05) is 0 Å². The largest absolute Gasteiger partial charge is 1.00 e. The van der Waals surface area contributed by atoms with Gasteiger partial charge in [0.25, 0.3) is 0 Å². The molecule has 260 valence electrons. The summed E-state index contributed by atoms with van der Waals surface area (Å²) in [7, 11) is 0. The summed E-state index contributed by atoms with van der Waals surface area (Å²) in [5.41, 5.74) is 18.8. The molecule has 0 fully saturated rings. The zero-order valence-corrected chi connectivity index (χ0v) is 34.4. The molecule has 7 aromatic carbocycles. The van der Waals surface area contributed by atoms with Crippen LogP contribution in [0, 0.1) is 0 Å². The number of hydrogen-bond donors (Lipinski definition) is 0. The van der Waals surface area contributed by atoms with Crippen molar-refractivity contribution >= 4 is 20.1 Å². The molecule has 0 aromatic heterocycles. The third kappa shape index (κ3) is 6.46. The molecule has 0 amide bonds. The third-order valence-electron chi connectivity index (χ3n) is 11.4. The molecule has 2 aliphatic rings. The molecule has 53 heavy (non-hydrogen) atoms. The maximum Gasteiger partial charge on any atom is -1.00 e. The molecule has 7 aromatic rings. The fourth-order valence-electron chi connectivity index (χ4n) is 8.96. The van der Waals surface area contributed by atoms with Crippen LogP contribution in [0.2, 0.25) is 0 Å². The van der Waals surface area contributed by atoms with Crippen LogP contribution in [-0.2, 0) is 34.1 Å². The van der Waals surface area contributed by atoms with E-state index in [1.165, 1.54) is 72.0 Å². The molecule has 9 rings (SSSR count). The molecule has 0 radical (unpaired) electrons. The first kappa shape index (κ1) is 37.2. The molecule has 0 saturated carbocycles. The Morgan fingerprint density at radius 2 is 1.02 bits per heavy atom. The Morgan fingerprint density at radius 3 is 1.62 bits per heavy atom. The summed E-state index contributed by atoms with van der Waals surface area (Å²) in [6.45, 7) is 7.04. The maximum absolute atomic E-state index is 2.97. The van der Waals surface area contributed by atoms with Crippen LogP contribution in [0.15, 0.2) is 163 Å². The molecule has 0 aliphatic heterocycles. The van der Waals surface area contributed by atoms with Crippen molar-refractivity contribution in [3.05, 3.63) is 208 Å². The summed E-state index contributed by atoms with van der Waals surface area (Å²) in [5, 5.41) is 2.61. The van der Waals surface area contributed by atoms with Crippen molar-refractivity contribution in [3.63, 3.8) is 0 Å². The van der Waals surface area contributed by atoms with E-state index in [9.17, 15) is 0 Å². The quantitative estimate of drug-likeness (QED) is 0.167. The van der Waals surface area contributed by atoms with Crippen LogP contribution in [0.1, 0.15) is 72.5 Å². The minimum atomic E-state index is -2.97. The molecule has 0 nitrogen and oxygen atoms in total. The number of hydrogen-bond acceptors (Lipinski definition) is 0. The molecule has 2 aliphatic carbocycles. The Kier molecular flexibility index (Phi) is 11.0. The van der Waals surface area contributed by atoms with Gasteiger partial charge in [0.05, 0.1) is 0 Å². The Labute approximate surface area is 334 Å². The van der Waals surface area contributed by atoms with Gasteiger partial charge < -0.3 is 24.8 Å². The first-order valence-corrected chi connectivity index (χ1v) is 22.6. The average Bonchev–Trinajstić information content (AvgIpc) is 3.70. The summed E-state index contributed by atoms with van der Waals surface area (Å²) in [6.07, 6.45) is 4.65. The smallest absolute Gasteiger partial charge is 1.00 e. The zero-order valence-electron chi connectivity index (χ0n) is 30.4. The molecular weight excluding hydrogens is 763 g/mol. The van der Waals surface area contributed by atoms with Gasteiger partial charge in [0.15, 0.2) is 0 Å². The Balaban J connectivity index is 0.00000218. The minimum Gasteiger partial charge on any atom is -1.00 e. The van der Waals surface area contributed by atoms with Crippen molar-refractivity contribution in [3.8, 4) is 22.3 Å². The second-order valence-electron chi connectivity index (χ2n) is 14.2. The van der Waals surface area contributed by atoms with Gasteiger partial charge >= 0.3 is 312 Å². The third-order valence-corrected chi connectivity index (χ3v) is 20.7. The van der Waals surface area contributed by atoms with Crippen LogP contribution in [0.3, 0.4) is 0 Å². The summed E-state index contributed by atoms with van der Waals surface area (Å²) in [4.78, 5) is 0. The van der Waals surface area contributed by atoms with Crippen LogP contribution < -0.4 is 24.8 Å². The monoisotopic (exact) mass is 802 g/mol. The SMILES string of the molecule is CCc1ccc2c(c1)[CH]([Zr+2](=[C](c1ccccc1)c1ccccc1)[CH]1C(C)=Cc3c(-c4cccc5ccccc45)cccc31)c1cc(CC)ccc1-2.[Cl-].[Cl-]. The molecule has 1 unspecified atom stereocenters. The normalized spacial score (nSPS) is 13.8. The molecule has 0 N–H and O–H groups in total. The van der Waals surface area contributed by atoms with Gasteiger partial charge in [0.1, 0.15) is 0 Å². The van der Waals surface area contributed by atoms with E-state index in [2.05, 4.69) is 185 Å². The predicted molar refractivity (Wildman–Crippen MR) is 214 cm³/mol. The van der Waals surface area contributed by atoms with Crippen molar-refractivity contribution < 1.29 is 46.1 Å². The van der Waals surface area contributed by atoms with Gasteiger partial charge in [-0.1, -0.05) is 0 Å². The number of benzene rings is 7. The fraction of sp³-hybridized carbons (Fsp3) is 0.140. The van der Waals surface area contributed by atoms with Crippen LogP contribution in [0.4, 0.5) is 0 Å². The second-order valence-corrected chi connectivity index (χ2v) is 20.5. The fourth-order valence-corrected chi connectivity index (χ4v) is 19.3. The summed E-state index contributed by atoms with van der Waals surface area (Å²) in [5.74, 6) is 0. The Bertz CT molecular complexity index is 2410. The van der Waals surface area contributed by atoms with E-state index in [0.717, 1.165) is 12.8 Å². The van der Waals surface area contributed by atoms with Crippen molar-refractivity contribution in [2.45, 2.75) is 40.9 Å². The van der Waals surface area contributed by atoms with Gasteiger partial charge in [-0.2, -0.15) is 0 Å². The molecule has 0 spiro atoms. The van der Waals surface area contributed by atoms with Crippen molar-refractivity contribution in [2.24, 2.45) is 0 Å². The van der Waals surface area contributed by atoms with Gasteiger partial charge in [-0.3, -0.25) is 0 Å². The second kappa shape index (κ2) is 15.7.